The van der Waals surface area contributed by atoms with Crippen molar-refractivity contribution in [1.29, 1.82) is 0 Å². The molecule has 0 aliphatic heterocycles. The fourth-order valence-electron chi connectivity index (χ4n) is 2.12. The van der Waals surface area contributed by atoms with Gasteiger partial charge in [-0.3, -0.25) is 9.78 Å². The van der Waals surface area contributed by atoms with Crippen LogP contribution in [0.15, 0.2) is 72.9 Å². The van der Waals surface area contributed by atoms with Gasteiger partial charge in [0.05, 0.1) is 6.20 Å². The molecule has 2 heteroatoms. The molecule has 3 aromatic rings. The maximum atomic E-state index is 12.6. The summed E-state index contributed by atoms with van der Waals surface area (Å²) in [6, 6.07) is 20.7. The van der Waals surface area contributed by atoms with Gasteiger partial charge in [-0.25, -0.2) is 0 Å². The normalized spacial score (nSPS) is 10.2. The van der Waals surface area contributed by atoms with Crippen LogP contribution < -0.4 is 0 Å². The quantitative estimate of drug-likeness (QED) is 0.669. The van der Waals surface area contributed by atoms with E-state index in [1.165, 1.54) is 0 Å². The molecular weight excluding hydrogens is 246 g/mol. The molecule has 1 radical (unpaired) electrons. The Bertz CT molecular complexity index is 721. The van der Waals surface area contributed by atoms with Crippen LogP contribution in [0.5, 0.6) is 0 Å². The Morgan fingerprint density at radius 3 is 2.20 bits per heavy atom. The molecule has 0 unspecified atom stereocenters. The summed E-state index contributed by atoms with van der Waals surface area (Å²) in [7, 11) is 0. The Kier molecular flexibility index (Phi) is 3.38. The van der Waals surface area contributed by atoms with E-state index >= 15 is 0 Å². The highest BCUT2D eigenvalue weighted by atomic mass is 16.1. The standard InChI is InChI=1S/C18H12NO/c20-18(15-9-5-2-6-10-15)16-11-12-19-13-17(16)14-7-3-1-4-8-14/h1-12H. The second-order valence-electron chi connectivity index (χ2n) is 4.41. The van der Waals surface area contributed by atoms with Gasteiger partial charge in [-0.2, -0.15) is 0 Å². The number of carbonyl (C=O) groups is 1. The van der Waals surface area contributed by atoms with Gasteiger partial charge in [0.2, 0.25) is 0 Å². The van der Waals surface area contributed by atoms with Crippen LogP contribution >= 0.6 is 0 Å². The summed E-state index contributed by atoms with van der Waals surface area (Å²) in [5.41, 5.74) is 2.98. The monoisotopic (exact) mass is 258 g/mol. The van der Waals surface area contributed by atoms with Crippen LogP contribution in [-0.2, 0) is 0 Å². The first-order chi connectivity index (χ1) is 9.86. The molecule has 0 fully saturated rings. The van der Waals surface area contributed by atoms with Gasteiger partial charge in [-0.1, -0.05) is 60.7 Å². The van der Waals surface area contributed by atoms with Gasteiger partial charge in [0.1, 0.15) is 0 Å². The van der Waals surface area contributed by atoms with Crippen LogP contribution in [0.2, 0.25) is 0 Å². The Morgan fingerprint density at radius 2 is 1.50 bits per heavy atom. The van der Waals surface area contributed by atoms with E-state index in [1.807, 2.05) is 60.7 Å². The summed E-state index contributed by atoms with van der Waals surface area (Å²) in [4.78, 5) is 16.6. The summed E-state index contributed by atoms with van der Waals surface area (Å²) < 4.78 is 0. The van der Waals surface area contributed by atoms with Crippen molar-refractivity contribution >= 4 is 5.78 Å². The van der Waals surface area contributed by atoms with Crippen LogP contribution in [0.25, 0.3) is 11.1 Å². The highest BCUT2D eigenvalue weighted by Gasteiger charge is 2.14. The molecule has 0 saturated carbocycles. The lowest BCUT2D eigenvalue weighted by molar-refractivity contribution is 0.103. The first kappa shape index (κ1) is 12.3. The molecule has 95 valence electrons. The maximum Gasteiger partial charge on any atom is 0.193 e. The third kappa shape index (κ3) is 2.36. The highest BCUT2D eigenvalue weighted by Crippen LogP contribution is 2.24. The van der Waals surface area contributed by atoms with E-state index < -0.39 is 0 Å². The van der Waals surface area contributed by atoms with Gasteiger partial charge in [-0.05, 0) is 11.6 Å². The molecule has 0 spiro atoms. The van der Waals surface area contributed by atoms with E-state index in [-0.39, 0.29) is 5.78 Å². The summed E-state index contributed by atoms with van der Waals surface area (Å²) >= 11 is 0. The molecule has 0 atom stereocenters. The lowest BCUT2D eigenvalue weighted by atomic mass is 9.96. The zero-order valence-corrected chi connectivity index (χ0v) is 10.8. The predicted octanol–water partition coefficient (Wildman–Crippen LogP) is 3.78. The largest absolute Gasteiger partial charge is 0.289 e. The van der Waals surface area contributed by atoms with Gasteiger partial charge in [-0.15, -0.1) is 0 Å². The number of nitrogens with zero attached hydrogens (tertiary/aromatic N) is 1. The maximum absolute atomic E-state index is 12.6. The van der Waals surface area contributed by atoms with E-state index in [2.05, 4.69) is 11.2 Å². The molecule has 0 saturated heterocycles. The molecule has 0 aliphatic carbocycles. The van der Waals surface area contributed by atoms with Crippen molar-refractivity contribution in [2.45, 2.75) is 0 Å². The molecule has 0 aliphatic rings. The van der Waals surface area contributed by atoms with Crippen molar-refractivity contribution in [2.75, 3.05) is 0 Å². The van der Waals surface area contributed by atoms with E-state index in [0.29, 0.717) is 11.1 Å². The van der Waals surface area contributed by atoms with Crippen LogP contribution in [0, 0.1) is 6.20 Å². The first-order valence-electron chi connectivity index (χ1n) is 6.38. The van der Waals surface area contributed by atoms with Crippen molar-refractivity contribution < 1.29 is 4.79 Å². The molecule has 0 amide bonds. The van der Waals surface area contributed by atoms with Crippen LogP contribution in [0.4, 0.5) is 0 Å². The number of aromatic nitrogens is 1. The number of ketones is 1. The van der Waals surface area contributed by atoms with E-state index in [9.17, 15) is 4.79 Å². The lowest BCUT2D eigenvalue weighted by Gasteiger charge is -2.07. The second kappa shape index (κ2) is 5.49. The van der Waals surface area contributed by atoms with E-state index in [0.717, 1.165) is 11.1 Å². The van der Waals surface area contributed by atoms with Crippen molar-refractivity contribution in [3.8, 4) is 11.1 Å². The Balaban J connectivity index is 2.10. The number of benzene rings is 2. The minimum absolute atomic E-state index is 0.0110. The topological polar surface area (TPSA) is 30.0 Å². The third-order valence-electron chi connectivity index (χ3n) is 3.10. The number of pyridine rings is 1. The third-order valence-corrected chi connectivity index (χ3v) is 3.10. The summed E-state index contributed by atoms with van der Waals surface area (Å²) in [5, 5.41) is 0. The van der Waals surface area contributed by atoms with Crippen molar-refractivity contribution in [1.82, 2.24) is 4.98 Å². The number of hydrogen-bond acceptors (Lipinski definition) is 2. The summed E-state index contributed by atoms with van der Waals surface area (Å²) in [6.07, 6.45) is 4.53. The zero-order chi connectivity index (χ0) is 13.8. The molecule has 2 aromatic carbocycles. The lowest BCUT2D eigenvalue weighted by Crippen LogP contribution is -2.03. The molecule has 0 bridgehead atoms. The average molecular weight is 258 g/mol. The van der Waals surface area contributed by atoms with Crippen LogP contribution in [0.1, 0.15) is 15.9 Å². The Morgan fingerprint density at radius 1 is 0.850 bits per heavy atom. The summed E-state index contributed by atoms with van der Waals surface area (Å²) in [5.74, 6) is -0.0110. The van der Waals surface area contributed by atoms with Gasteiger partial charge >= 0.3 is 0 Å². The van der Waals surface area contributed by atoms with Gasteiger partial charge < -0.3 is 0 Å². The molecule has 1 aromatic heterocycles. The minimum atomic E-state index is -0.0110. The molecule has 1 heterocycles. The molecule has 20 heavy (non-hydrogen) atoms. The number of hydrogen-bond donors (Lipinski definition) is 0. The van der Waals surface area contributed by atoms with Gasteiger partial charge in [0, 0.05) is 22.9 Å². The van der Waals surface area contributed by atoms with Crippen molar-refractivity contribution in [2.24, 2.45) is 0 Å². The zero-order valence-electron chi connectivity index (χ0n) is 10.8. The number of carbonyl (C=O) groups excluding carboxylic acids is 1. The molecule has 3 rings (SSSR count). The Labute approximate surface area is 117 Å². The Hall–Kier alpha value is -2.74. The smallest absolute Gasteiger partial charge is 0.193 e. The first-order valence-corrected chi connectivity index (χ1v) is 6.38. The highest BCUT2D eigenvalue weighted by molar-refractivity contribution is 6.12. The van der Waals surface area contributed by atoms with E-state index in [1.54, 1.807) is 12.3 Å². The predicted molar refractivity (Wildman–Crippen MR) is 78.4 cm³/mol. The fourth-order valence-corrected chi connectivity index (χ4v) is 2.12. The van der Waals surface area contributed by atoms with Gasteiger partial charge in [0.25, 0.3) is 0 Å². The molecule has 0 N–H and O–H groups in total. The molecule has 2 nitrogen and oxygen atoms in total. The van der Waals surface area contributed by atoms with Gasteiger partial charge in [0.15, 0.2) is 5.78 Å². The molecular formula is C18H12NO. The van der Waals surface area contributed by atoms with Crippen LogP contribution in [-0.4, -0.2) is 10.8 Å². The average Bonchev–Trinajstić information content (AvgIpc) is 2.56. The van der Waals surface area contributed by atoms with Crippen molar-refractivity contribution in [3.63, 3.8) is 0 Å². The number of rotatable bonds is 3. The summed E-state index contributed by atoms with van der Waals surface area (Å²) in [6.45, 7) is 0. The SMILES string of the molecule is O=C(c1ccccc1)c1ccn[c]c1-c1ccccc1. The van der Waals surface area contributed by atoms with Crippen LogP contribution in [0.3, 0.4) is 0 Å². The second-order valence-corrected chi connectivity index (χ2v) is 4.41. The van der Waals surface area contributed by atoms with Crippen molar-refractivity contribution in [3.05, 3.63) is 90.3 Å². The fraction of sp³-hybridized carbons (Fsp3) is 0. The van der Waals surface area contributed by atoms with E-state index in [4.69, 9.17) is 0 Å². The minimum Gasteiger partial charge on any atom is -0.289 e.